The Kier molecular flexibility index (Phi) is 2.59. The van der Waals surface area contributed by atoms with E-state index in [1.54, 1.807) is 0 Å². The number of pyridine rings is 1. The lowest BCUT2D eigenvalue weighted by Crippen LogP contribution is -2.35. The maximum absolute atomic E-state index is 6.31. The number of nitrogens with two attached hydrogens (primary N) is 1. The molecule has 2 aromatic heterocycles. The second-order valence-electron chi connectivity index (χ2n) is 5.87. The van der Waals surface area contributed by atoms with E-state index < -0.39 is 5.54 Å². The summed E-state index contributed by atoms with van der Waals surface area (Å²) >= 11 is 0. The molecule has 5 heteroatoms. The van der Waals surface area contributed by atoms with Gasteiger partial charge in [0.2, 0.25) is 11.7 Å². The first kappa shape index (κ1) is 12.5. The highest BCUT2D eigenvalue weighted by Crippen LogP contribution is 2.43. The smallest absolute Gasteiger partial charge is 0.247 e. The fourth-order valence-corrected chi connectivity index (χ4v) is 2.59. The van der Waals surface area contributed by atoms with Gasteiger partial charge in [0.15, 0.2) is 0 Å². The molecule has 106 valence electrons. The normalized spacial score (nSPS) is 17.8. The van der Waals surface area contributed by atoms with Gasteiger partial charge in [0.05, 0.1) is 11.1 Å². The van der Waals surface area contributed by atoms with E-state index in [2.05, 4.69) is 15.1 Å². The number of hydrogen-bond acceptors (Lipinski definition) is 5. The molecule has 0 amide bonds. The van der Waals surface area contributed by atoms with Crippen molar-refractivity contribution >= 4 is 10.9 Å². The summed E-state index contributed by atoms with van der Waals surface area (Å²) in [5.41, 5.74) is 7.39. The van der Waals surface area contributed by atoms with Crippen molar-refractivity contribution in [1.29, 1.82) is 0 Å². The topological polar surface area (TPSA) is 77.8 Å². The summed E-state index contributed by atoms with van der Waals surface area (Å²) in [6, 6.07) is 11.9. The monoisotopic (exact) mass is 280 g/mol. The quantitative estimate of drug-likeness (QED) is 0.798. The van der Waals surface area contributed by atoms with Crippen LogP contribution in [0.2, 0.25) is 0 Å². The molecule has 0 aliphatic heterocycles. The second kappa shape index (κ2) is 4.36. The van der Waals surface area contributed by atoms with Crippen molar-refractivity contribution < 1.29 is 4.52 Å². The Morgan fingerprint density at radius 2 is 1.95 bits per heavy atom. The fourth-order valence-electron chi connectivity index (χ4n) is 2.59. The Hall–Kier alpha value is -2.27. The van der Waals surface area contributed by atoms with Crippen LogP contribution >= 0.6 is 0 Å². The molecule has 1 saturated carbocycles. The zero-order valence-electron chi connectivity index (χ0n) is 11.8. The van der Waals surface area contributed by atoms with Crippen LogP contribution in [-0.4, -0.2) is 15.1 Å². The number of nitrogens with zero attached hydrogens (tertiary/aromatic N) is 3. The van der Waals surface area contributed by atoms with Gasteiger partial charge in [-0.1, -0.05) is 29.4 Å². The molecular formula is C16H16N4O. The standard InChI is InChI=1S/C16H16N4O/c1-16(17,11-7-8-11)15-19-14(20-21-15)13-9-6-10-4-2-3-5-12(10)18-13/h2-6,9,11H,7-8,17H2,1H3. The van der Waals surface area contributed by atoms with Gasteiger partial charge in [0, 0.05) is 5.39 Å². The summed E-state index contributed by atoms with van der Waals surface area (Å²) in [4.78, 5) is 9.03. The summed E-state index contributed by atoms with van der Waals surface area (Å²) in [6.45, 7) is 1.95. The Morgan fingerprint density at radius 3 is 2.76 bits per heavy atom. The van der Waals surface area contributed by atoms with Crippen LogP contribution in [0.5, 0.6) is 0 Å². The zero-order chi connectivity index (χ0) is 14.4. The second-order valence-corrected chi connectivity index (χ2v) is 5.87. The highest BCUT2D eigenvalue weighted by Gasteiger charge is 2.43. The van der Waals surface area contributed by atoms with E-state index in [1.165, 1.54) is 0 Å². The number of benzene rings is 1. The first-order valence-corrected chi connectivity index (χ1v) is 7.14. The average molecular weight is 280 g/mol. The van der Waals surface area contributed by atoms with Crippen LogP contribution in [0.3, 0.4) is 0 Å². The van der Waals surface area contributed by atoms with Gasteiger partial charge >= 0.3 is 0 Å². The Bertz CT molecular complexity index is 805. The third-order valence-electron chi connectivity index (χ3n) is 4.14. The lowest BCUT2D eigenvalue weighted by atomic mass is 9.97. The molecule has 4 rings (SSSR count). The van der Waals surface area contributed by atoms with Crippen LogP contribution < -0.4 is 5.73 Å². The number of hydrogen-bond donors (Lipinski definition) is 1. The lowest BCUT2D eigenvalue weighted by molar-refractivity contribution is 0.273. The van der Waals surface area contributed by atoms with E-state index in [0.29, 0.717) is 23.3 Å². The van der Waals surface area contributed by atoms with Crippen LogP contribution in [0.25, 0.3) is 22.4 Å². The summed E-state index contributed by atoms with van der Waals surface area (Å²) in [5.74, 6) is 1.43. The van der Waals surface area contributed by atoms with Crippen molar-refractivity contribution in [3.05, 3.63) is 42.3 Å². The van der Waals surface area contributed by atoms with Gasteiger partial charge in [0.1, 0.15) is 5.69 Å². The minimum Gasteiger partial charge on any atom is -0.337 e. The number of para-hydroxylation sites is 1. The molecular weight excluding hydrogens is 264 g/mol. The lowest BCUT2D eigenvalue weighted by Gasteiger charge is -2.18. The summed E-state index contributed by atoms with van der Waals surface area (Å²) < 4.78 is 5.37. The molecule has 21 heavy (non-hydrogen) atoms. The molecule has 0 radical (unpaired) electrons. The van der Waals surface area contributed by atoms with E-state index >= 15 is 0 Å². The molecule has 5 nitrogen and oxygen atoms in total. The van der Waals surface area contributed by atoms with E-state index in [-0.39, 0.29) is 0 Å². The highest BCUT2D eigenvalue weighted by atomic mass is 16.5. The third-order valence-corrected chi connectivity index (χ3v) is 4.14. The van der Waals surface area contributed by atoms with Gasteiger partial charge in [-0.3, -0.25) is 0 Å². The van der Waals surface area contributed by atoms with Crippen LogP contribution in [0, 0.1) is 5.92 Å². The number of aromatic nitrogens is 3. The number of fused-ring (bicyclic) bond motifs is 1. The SMILES string of the molecule is CC(N)(c1nc(-c2ccc3ccccc3n2)no1)C1CC1. The van der Waals surface area contributed by atoms with Crippen molar-refractivity contribution in [3.63, 3.8) is 0 Å². The molecule has 0 bridgehead atoms. The molecule has 2 heterocycles. The van der Waals surface area contributed by atoms with Crippen LogP contribution in [0.4, 0.5) is 0 Å². The largest absolute Gasteiger partial charge is 0.337 e. The van der Waals surface area contributed by atoms with Crippen molar-refractivity contribution in [2.75, 3.05) is 0 Å². The third kappa shape index (κ3) is 2.10. The molecule has 3 aromatic rings. The minimum atomic E-state index is -0.540. The first-order valence-electron chi connectivity index (χ1n) is 7.14. The summed E-state index contributed by atoms with van der Waals surface area (Å²) in [6.07, 6.45) is 2.25. The molecule has 2 N–H and O–H groups in total. The molecule has 1 aliphatic carbocycles. The van der Waals surface area contributed by atoms with Crippen molar-refractivity contribution in [3.8, 4) is 11.5 Å². The van der Waals surface area contributed by atoms with E-state index in [1.807, 2.05) is 43.3 Å². The average Bonchev–Trinajstić information content (AvgIpc) is 3.24. The number of rotatable bonds is 3. The van der Waals surface area contributed by atoms with Gasteiger partial charge in [-0.2, -0.15) is 4.98 Å². The summed E-state index contributed by atoms with van der Waals surface area (Å²) in [5, 5.41) is 5.13. The molecule has 1 aromatic carbocycles. The molecule has 0 spiro atoms. The van der Waals surface area contributed by atoms with Crippen LogP contribution in [0.1, 0.15) is 25.7 Å². The van der Waals surface area contributed by atoms with Crippen molar-refractivity contribution in [2.45, 2.75) is 25.3 Å². The van der Waals surface area contributed by atoms with Gasteiger partial charge in [0.25, 0.3) is 0 Å². The zero-order valence-corrected chi connectivity index (χ0v) is 11.8. The minimum absolute atomic E-state index is 0.440. The van der Waals surface area contributed by atoms with Crippen molar-refractivity contribution in [2.24, 2.45) is 11.7 Å². The Balaban J connectivity index is 1.73. The van der Waals surface area contributed by atoms with Crippen molar-refractivity contribution in [1.82, 2.24) is 15.1 Å². The Morgan fingerprint density at radius 1 is 1.14 bits per heavy atom. The highest BCUT2D eigenvalue weighted by molar-refractivity contribution is 5.80. The first-order chi connectivity index (χ1) is 10.1. The van der Waals surface area contributed by atoms with E-state index in [0.717, 1.165) is 23.7 Å². The van der Waals surface area contributed by atoms with E-state index in [9.17, 15) is 0 Å². The predicted octanol–water partition coefficient (Wildman–Crippen LogP) is 2.87. The maximum atomic E-state index is 6.31. The molecule has 1 fully saturated rings. The predicted molar refractivity (Wildman–Crippen MR) is 79.3 cm³/mol. The molecule has 1 aliphatic rings. The van der Waals surface area contributed by atoms with Gasteiger partial charge in [-0.15, -0.1) is 0 Å². The van der Waals surface area contributed by atoms with Crippen LogP contribution in [-0.2, 0) is 5.54 Å². The molecule has 0 saturated heterocycles. The van der Waals surface area contributed by atoms with E-state index in [4.69, 9.17) is 10.3 Å². The summed E-state index contributed by atoms with van der Waals surface area (Å²) in [7, 11) is 0. The van der Waals surface area contributed by atoms with Crippen LogP contribution in [0.15, 0.2) is 40.9 Å². The van der Waals surface area contributed by atoms with Gasteiger partial charge in [-0.25, -0.2) is 4.98 Å². The molecule has 1 atom stereocenters. The van der Waals surface area contributed by atoms with Gasteiger partial charge < -0.3 is 10.3 Å². The van der Waals surface area contributed by atoms with Gasteiger partial charge in [-0.05, 0) is 37.8 Å². The fraction of sp³-hybridized carbons (Fsp3) is 0.312. The maximum Gasteiger partial charge on any atom is 0.247 e. The Labute approximate surface area is 122 Å². The molecule has 1 unspecified atom stereocenters.